The quantitative estimate of drug-likeness (QED) is 0.410. The van der Waals surface area contributed by atoms with Crippen molar-refractivity contribution >= 4 is 23.2 Å². The maximum atomic E-state index is 5.35. The molecule has 0 fully saturated rings. The van der Waals surface area contributed by atoms with Crippen LogP contribution >= 0.6 is 23.2 Å². The van der Waals surface area contributed by atoms with Gasteiger partial charge in [0, 0.05) is 21.1 Å². The average molecular weight is 332 g/mol. The van der Waals surface area contributed by atoms with E-state index in [1.165, 1.54) is 6.20 Å². The van der Waals surface area contributed by atoms with Gasteiger partial charge in [-0.3, -0.25) is 4.98 Å². The first-order valence-electron chi connectivity index (χ1n) is 1.85. The standard InChI is InChI=1S/C4HCl2N2.W/c5-3-1-2-7-4(6)8-3;/h2H;/q-1;. The second-order valence-electron chi connectivity index (χ2n) is 1.07. The predicted octanol–water partition coefficient (Wildman–Crippen LogP) is 1.58. The van der Waals surface area contributed by atoms with Crippen LogP contribution in [0, 0.1) is 6.07 Å². The molecule has 1 heterocycles. The molecule has 9 heavy (non-hydrogen) atoms. The molecule has 5 heteroatoms. The van der Waals surface area contributed by atoms with Crippen molar-refractivity contribution < 1.29 is 21.1 Å². The van der Waals surface area contributed by atoms with E-state index in [1.807, 2.05) is 0 Å². The van der Waals surface area contributed by atoms with Crippen molar-refractivity contribution in [2.45, 2.75) is 0 Å². The van der Waals surface area contributed by atoms with Gasteiger partial charge in [0.2, 0.25) is 5.28 Å². The van der Waals surface area contributed by atoms with Gasteiger partial charge >= 0.3 is 0 Å². The van der Waals surface area contributed by atoms with Crippen molar-refractivity contribution in [3.05, 3.63) is 22.7 Å². The van der Waals surface area contributed by atoms with Crippen LogP contribution in [0.4, 0.5) is 0 Å². The largest absolute Gasteiger partial charge is 0.413 e. The second kappa shape index (κ2) is 4.21. The van der Waals surface area contributed by atoms with E-state index in [2.05, 4.69) is 16.0 Å². The Morgan fingerprint density at radius 3 is 2.44 bits per heavy atom. The summed E-state index contributed by atoms with van der Waals surface area (Å²) in [4.78, 5) is 7.09. The average Bonchev–Trinajstić information content (AvgIpc) is 1.64. The fraction of sp³-hybridized carbons (Fsp3) is 0. The van der Waals surface area contributed by atoms with E-state index in [9.17, 15) is 0 Å². The molecular formula is C4HCl2N2W-. The fourth-order valence-electron chi connectivity index (χ4n) is 0.281. The molecule has 0 unspecified atom stereocenters. The van der Waals surface area contributed by atoms with Gasteiger partial charge in [0.25, 0.3) is 0 Å². The van der Waals surface area contributed by atoms with Crippen molar-refractivity contribution in [1.82, 2.24) is 9.97 Å². The fourth-order valence-corrected chi connectivity index (χ4v) is 0.586. The Hall–Kier alpha value is 0.348. The minimum absolute atomic E-state index is 0. The van der Waals surface area contributed by atoms with Gasteiger partial charge in [-0.15, -0.1) is 17.8 Å². The van der Waals surface area contributed by atoms with Gasteiger partial charge in [-0.2, -0.15) is 0 Å². The summed E-state index contributed by atoms with van der Waals surface area (Å²) in [6.07, 6.45) is 1.37. The Bertz CT molecular complexity index is 176. The molecule has 0 aromatic carbocycles. The number of halogens is 2. The maximum absolute atomic E-state index is 5.35. The van der Waals surface area contributed by atoms with E-state index in [1.54, 1.807) is 0 Å². The zero-order valence-electron chi connectivity index (χ0n) is 4.14. The van der Waals surface area contributed by atoms with Gasteiger partial charge in [-0.05, 0) is 16.8 Å². The van der Waals surface area contributed by atoms with Crippen LogP contribution in [0.5, 0.6) is 0 Å². The molecule has 48 valence electrons. The SMILES string of the molecule is Clc1[c-]cnc(Cl)n1.[W]. The van der Waals surface area contributed by atoms with Gasteiger partial charge in [-0.25, -0.2) is 4.98 Å². The van der Waals surface area contributed by atoms with E-state index < -0.39 is 0 Å². The number of hydrogen-bond acceptors (Lipinski definition) is 2. The Morgan fingerprint density at radius 1 is 1.44 bits per heavy atom. The third kappa shape index (κ3) is 3.14. The second-order valence-corrected chi connectivity index (χ2v) is 1.77. The summed E-state index contributed by atoms with van der Waals surface area (Å²) >= 11 is 10.7. The van der Waals surface area contributed by atoms with Crippen molar-refractivity contribution in [2.75, 3.05) is 0 Å². The van der Waals surface area contributed by atoms with Crippen LogP contribution in [-0.2, 0) is 21.1 Å². The summed E-state index contributed by atoms with van der Waals surface area (Å²) in [5, 5.41) is 0.388. The molecule has 0 radical (unpaired) electrons. The van der Waals surface area contributed by atoms with Gasteiger partial charge in [0.05, 0.1) is 0 Å². The van der Waals surface area contributed by atoms with Crippen LogP contribution in [0.15, 0.2) is 6.20 Å². The topological polar surface area (TPSA) is 25.8 Å². The molecule has 0 spiro atoms. The number of hydrogen-bond donors (Lipinski definition) is 0. The van der Waals surface area contributed by atoms with Gasteiger partial charge in [0.1, 0.15) is 0 Å². The van der Waals surface area contributed by atoms with Crippen LogP contribution < -0.4 is 0 Å². The van der Waals surface area contributed by atoms with Crippen molar-refractivity contribution in [3.63, 3.8) is 0 Å². The number of aromatic nitrogens is 2. The Kier molecular flexibility index (Phi) is 4.37. The summed E-state index contributed by atoms with van der Waals surface area (Å²) in [5.74, 6) is 0. The number of rotatable bonds is 0. The molecule has 0 amide bonds. The summed E-state index contributed by atoms with van der Waals surface area (Å²) in [5.41, 5.74) is 0. The Morgan fingerprint density at radius 2 is 2.11 bits per heavy atom. The molecule has 0 aliphatic rings. The van der Waals surface area contributed by atoms with Crippen molar-refractivity contribution in [1.29, 1.82) is 0 Å². The molecule has 1 rings (SSSR count). The molecule has 0 saturated heterocycles. The van der Waals surface area contributed by atoms with Crippen LogP contribution in [0.3, 0.4) is 0 Å². The molecule has 0 aliphatic carbocycles. The third-order valence-corrected chi connectivity index (χ3v) is 0.921. The molecular weight excluding hydrogens is 331 g/mol. The summed E-state index contributed by atoms with van der Waals surface area (Å²) in [6.45, 7) is 0. The van der Waals surface area contributed by atoms with Crippen LogP contribution in [0.25, 0.3) is 0 Å². The zero-order valence-corrected chi connectivity index (χ0v) is 8.58. The van der Waals surface area contributed by atoms with Gasteiger partial charge in [-0.1, -0.05) is 0 Å². The van der Waals surface area contributed by atoms with E-state index in [0.717, 1.165) is 0 Å². The maximum Gasteiger partial charge on any atom is 0.218 e. The van der Waals surface area contributed by atoms with Gasteiger partial charge < -0.3 is 6.07 Å². The molecule has 1 aromatic rings. The minimum Gasteiger partial charge on any atom is -0.413 e. The molecule has 0 atom stereocenters. The molecule has 2 nitrogen and oxygen atoms in total. The van der Waals surface area contributed by atoms with Crippen LogP contribution in [0.2, 0.25) is 10.4 Å². The van der Waals surface area contributed by atoms with Crippen LogP contribution in [0.1, 0.15) is 0 Å². The van der Waals surface area contributed by atoms with E-state index in [-0.39, 0.29) is 31.5 Å². The molecule has 0 saturated carbocycles. The molecule has 0 N–H and O–H groups in total. The van der Waals surface area contributed by atoms with Crippen molar-refractivity contribution in [3.8, 4) is 0 Å². The van der Waals surface area contributed by atoms with E-state index in [0.29, 0.717) is 0 Å². The predicted molar refractivity (Wildman–Crippen MR) is 30.9 cm³/mol. The third-order valence-electron chi connectivity index (χ3n) is 0.545. The normalized spacial score (nSPS) is 8.22. The van der Waals surface area contributed by atoms with Crippen LogP contribution in [-0.4, -0.2) is 9.97 Å². The first-order chi connectivity index (χ1) is 3.79. The molecule has 1 aromatic heterocycles. The molecule has 0 aliphatic heterocycles. The van der Waals surface area contributed by atoms with E-state index in [4.69, 9.17) is 23.2 Å². The van der Waals surface area contributed by atoms with Crippen molar-refractivity contribution in [2.24, 2.45) is 0 Å². The van der Waals surface area contributed by atoms with Gasteiger partial charge in [0.15, 0.2) is 0 Å². The summed E-state index contributed by atoms with van der Waals surface area (Å²) in [7, 11) is 0. The number of nitrogens with zero attached hydrogens (tertiary/aromatic N) is 2. The Balaban J connectivity index is 0.000000640. The monoisotopic (exact) mass is 331 g/mol. The summed E-state index contributed by atoms with van der Waals surface area (Å²) < 4.78 is 0. The summed E-state index contributed by atoms with van der Waals surface area (Å²) in [6, 6.07) is 2.53. The first kappa shape index (κ1) is 9.35. The zero-order chi connectivity index (χ0) is 5.98. The first-order valence-corrected chi connectivity index (χ1v) is 2.60. The smallest absolute Gasteiger partial charge is 0.218 e. The molecule has 0 bridgehead atoms. The van der Waals surface area contributed by atoms with E-state index >= 15 is 0 Å². The Labute approximate surface area is 76.9 Å². The minimum atomic E-state index is 0.